The zero-order valence-corrected chi connectivity index (χ0v) is 7.15. The van der Waals surface area contributed by atoms with Gasteiger partial charge in [0.15, 0.2) is 0 Å². The number of hydrogen-bond donors (Lipinski definition) is 1. The van der Waals surface area contributed by atoms with Crippen LogP contribution in [-0.4, -0.2) is 4.98 Å². The third-order valence-corrected chi connectivity index (χ3v) is 1.80. The van der Waals surface area contributed by atoms with E-state index in [1.807, 2.05) is 0 Å². The van der Waals surface area contributed by atoms with Crippen LogP contribution in [0.15, 0.2) is 12.3 Å². The molecule has 6 heteroatoms. The van der Waals surface area contributed by atoms with E-state index in [4.69, 9.17) is 17.3 Å². The Balaban J connectivity index is 3.29. The normalized spacial score (nSPS) is 11.7. The van der Waals surface area contributed by atoms with Crippen LogP contribution in [0.3, 0.4) is 0 Å². The highest BCUT2D eigenvalue weighted by molar-refractivity contribution is 6.17. The molecule has 13 heavy (non-hydrogen) atoms. The molecule has 0 atom stereocenters. The summed E-state index contributed by atoms with van der Waals surface area (Å²) in [5.41, 5.74) is 4.24. The minimum Gasteiger partial charge on any atom is -0.383 e. The second kappa shape index (κ2) is 3.41. The van der Waals surface area contributed by atoms with Crippen molar-refractivity contribution in [1.29, 1.82) is 0 Å². The Hall–Kier alpha value is -0.970. The molecule has 2 N–H and O–H groups in total. The lowest BCUT2D eigenvalue weighted by Crippen LogP contribution is -2.11. The predicted octanol–water partition coefficient (Wildman–Crippen LogP) is 2.42. The standard InChI is InChI=1S/C7H6ClF3N2/c8-3-4-5(7(9,10)11)1-2-13-6(4)12/h1-2H,3H2,(H2,12,13). The lowest BCUT2D eigenvalue weighted by atomic mass is 10.1. The largest absolute Gasteiger partial charge is 0.416 e. The van der Waals surface area contributed by atoms with E-state index in [-0.39, 0.29) is 17.3 Å². The molecule has 0 radical (unpaired) electrons. The van der Waals surface area contributed by atoms with Gasteiger partial charge in [-0.25, -0.2) is 4.98 Å². The summed E-state index contributed by atoms with van der Waals surface area (Å²) in [6.07, 6.45) is -3.42. The third-order valence-electron chi connectivity index (χ3n) is 1.53. The average Bonchev–Trinajstić information content (AvgIpc) is 2.02. The summed E-state index contributed by atoms with van der Waals surface area (Å²) in [4.78, 5) is 3.52. The number of hydrogen-bond acceptors (Lipinski definition) is 2. The van der Waals surface area contributed by atoms with Gasteiger partial charge in [0, 0.05) is 11.8 Å². The van der Waals surface area contributed by atoms with Crippen LogP contribution >= 0.6 is 11.6 Å². The fourth-order valence-electron chi connectivity index (χ4n) is 0.915. The number of alkyl halides is 4. The molecule has 1 heterocycles. The maximum atomic E-state index is 12.3. The number of halogens is 4. The van der Waals surface area contributed by atoms with Crippen molar-refractivity contribution >= 4 is 17.4 Å². The van der Waals surface area contributed by atoms with Gasteiger partial charge in [-0.15, -0.1) is 11.6 Å². The molecule has 0 fully saturated rings. The number of rotatable bonds is 1. The third kappa shape index (κ3) is 2.03. The molecule has 0 aromatic carbocycles. The lowest BCUT2D eigenvalue weighted by molar-refractivity contribution is -0.138. The second-order valence-electron chi connectivity index (χ2n) is 2.35. The molecule has 0 amide bonds. The van der Waals surface area contributed by atoms with Crippen LogP contribution in [-0.2, 0) is 12.1 Å². The van der Waals surface area contributed by atoms with Gasteiger partial charge in [0.2, 0.25) is 0 Å². The molecule has 0 spiro atoms. The molecule has 0 aliphatic rings. The first-order chi connectivity index (χ1) is 5.96. The predicted molar refractivity (Wildman–Crippen MR) is 43.2 cm³/mol. The van der Waals surface area contributed by atoms with E-state index in [0.29, 0.717) is 0 Å². The first-order valence-corrected chi connectivity index (χ1v) is 3.86. The summed E-state index contributed by atoms with van der Waals surface area (Å²) in [6.45, 7) is 0. The summed E-state index contributed by atoms with van der Waals surface area (Å²) >= 11 is 5.32. The molecule has 0 bridgehead atoms. The van der Waals surface area contributed by atoms with Crippen molar-refractivity contribution in [2.45, 2.75) is 12.1 Å². The molecule has 1 rings (SSSR count). The summed E-state index contributed by atoms with van der Waals surface area (Å²) in [7, 11) is 0. The van der Waals surface area contributed by atoms with Gasteiger partial charge in [-0.05, 0) is 6.07 Å². The molecule has 0 aliphatic heterocycles. The number of nitrogen functional groups attached to an aromatic ring is 1. The summed E-state index contributed by atoms with van der Waals surface area (Å²) < 4.78 is 36.8. The number of aromatic nitrogens is 1. The van der Waals surface area contributed by atoms with Crippen molar-refractivity contribution in [3.8, 4) is 0 Å². The molecule has 0 unspecified atom stereocenters. The van der Waals surface area contributed by atoms with Crippen LogP contribution in [0.1, 0.15) is 11.1 Å². The topological polar surface area (TPSA) is 38.9 Å². The zero-order valence-electron chi connectivity index (χ0n) is 6.40. The van der Waals surface area contributed by atoms with Crippen LogP contribution in [0.25, 0.3) is 0 Å². The molecule has 1 aromatic rings. The van der Waals surface area contributed by atoms with Gasteiger partial charge in [0.25, 0.3) is 0 Å². The molecule has 0 aliphatic carbocycles. The van der Waals surface area contributed by atoms with Gasteiger partial charge in [-0.3, -0.25) is 0 Å². The van der Waals surface area contributed by atoms with Crippen molar-refractivity contribution in [2.75, 3.05) is 5.73 Å². The van der Waals surface area contributed by atoms with Gasteiger partial charge in [0.05, 0.1) is 11.4 Å². The highest BCUT2D eigenvalue weighted by Crippen LogP contribution is 2.33. The Labute approximate surface area is 77.5 Å². The Bertz CT molecular complexity index is 311. The lowest BCUT2D eigenvalue weighted by Gasteiger charge is -2.11. The Morgan fingerprint density at radius 1 is 1.46 bits per heavy atom. The Kier molecular flexibility index (Phi) is 2.66. The van der Waals surface area contributed by atoms with Gasteiger partial charge in [-0.2, -0.15) is 13.2 Å². The summed E-state index contributed by atoms with van der Waals surface area (Å²) in [5, 5.41) is 0. The van der Waals surface area contributed by atoms with E-state index in [0.717, 1.165) is 12.3 Å². The molecular formula is C7H6ClF3N2. The first-order valence-electron chi connectivity index (χ1n) is 3.33. The molecular weight excluding hydrogens is 205 g/mol. The number of nitrogens with two attached hydrogens (primary N) is 1. The monoisotopic (exact) mass is 210 g/mol. The summed E-state index contributed by atoms with van der Waals surface area (Å²) in [6, 6.07) is 0.855. The van der Waals surface area contributed by atoms with Crippen molar-refractivity contribution < 1.29 is 13.2 Å². The second-order valence-corrected chi connectivity index (χ2v) is 2.62. The SMILES string of the molecule is Nc1nccc(C(F)(F)F)c1CCl. The van der Waals surface area contributed by atoms with E-state index in [1.54, 1.807) is 0 Å². The maximum absolute atomic E-state index is 12.3. The minimum absolute atomic E-state index is 0.170. The molecule has 72 valence electrons. The molecule has 1 aromatic heterocycles. The van der Waals surface area contributed by atoms with E-state index in [9.17, 15) is 13.2 Å². The first kappa shape index (κ1) is 10.1. The fraction of sp³-hybridized carbons (Fsp3) is 0.286. The van der Waals surface area contributed by atoms with Crippen molar-refractivity contribution in [3.05, 3.63) is 23.4 Å². The highest BCUT2D eigenvalue weighted by Gasteiger charge is 2.33. The van der Waals surface area contributed by atoms with Crippen LogP contribution in [0.5, 0.6) is 0 Å². The molecule has 0 saturated heterocycles. The maximum Gasteiger partial charge on any atom is 0.416 e. The van der Waals surface area contributed by atoms with Gasteiger partial charge in [0.1, 0.15) is 5.82 Å². The molecule has 0 saturated carbocycles. The van der Waals surface area contributed by atoms with Crippen molar-refractivity contribution in [2.24, 2.45) is 0 Å². The van der Waals surface area contributed by atoms with Crippen LogP contribution in [0.4, 0.5) is 19.0 Å². The quantitative estimate of drug-likeness (QED) is 0.723. The van der Waals surface area contributed by atoms with Crippen LogP contribution in [0, 0.1) is 0 Å². The van der Waals surface area contributed by atoms with E-state index in [1.165, 1.54) is 0 Å². The average molecular weight is 211 g/mol. The molecule has 2 nitrogen and oxygen atoms in total. The van der Waals surface area contributed by atoms with Gasteiger partial charge in [-0.1, -0.05) is 0 Å². The van der Waals surface area contributed by atoms with Crippen LogP contribution < -0.4 is 5.73 Å². The Morgan fingerprint density at radius 3 is 2.46 bits per heavy atom. The zero-order chi connectivity index (χ0) is 10.1. The minimum atomic E-state index is -4.43. The van der Waals surface area contributed by atoms with E-state index >= 15 is 0 Å². The van der Waals surface area contributed by atoms with Gasteiger partial charge >= 0.3 is 6.18 Å². The van der Waals surface area contributed by atoms with Crippen molar-refractivity contribution in [1.82, 2.24) is 4.98 Å². The number of pyridine rings is 1. The summed E-state index contributed by atoms with van der Waals surface area (Å²) in [5.74, 6) is -0.473. The van der Waals surface area contributed by atoms with Gasteiger partial charge < -0.3 is 5.73 Å². The number of anilines is 1. The van der Waals surface area contributed by atoms with E-state index in [2.05, 4.69) is 4.98 Å². The highest BCUT2D eigenvalue weighted by atomic mass is 35.5. The van der Waals surface area contributed by atoms with E-state index < -0.39 is 11.7 Å². The van der Waals surface area contributed by atoms with Crippen molar-refractivity contribution in [3.63, 3.8) is 0 Å². The smallest absolute Gasteiger partial charge is 0.383 e. The fourth-order valence-corrected chi connectivity index (χ4v) is 1.20. The Morgan fingerprint density at radius 2 is 2.08 bits per heavy atom. The number of nitrogens with zero attached hydrogens (tertiary/aromatic N) is 1. The van der Waals surface area contributed by atoms with Crippen LogP contribution in [0.2, 0.25) is 0 Å².